The summed E-state index contributed by atoms with van der Waals surface area (Å²) in [5.74, 6) is -0.0182. The van der Waals surface area contributed by atoms with Crippen LogP contribution in [0.2, 0.25) is 0 Å². The van der Waals surface area contributed by atoms with Gasteiger partial charge in [0.25, 0.3) is 0 Å². The lowest BCUT2D eigenvalue weighted by Crippen LogP contribution is -2.28. The highest BCUT2D eigenvalue weighted by molar-refractivity contribution is 5.73. The van der Waals surface area contributed by atoms with Gasteiger partial charge < -0.3 is 4.74 Å². The summed E-state index contributed by atoms with van der Waals surface area (Å²) in [4.78, 5) is 11.4. The monoisotopic (exact) mass is 216 g/mol. The molecule has 2 rings (SSSR count). The lowest BCUT2D eigenvalue weighted by molar-refractivity contribution is -0.156. The highest BCUT2D eigenvalue weighted by atomic mass is 16.5. The zero-order valence-electron chi connectivity index (χ0n) is 9.43. The minimum absolute atomic E-state index is 0.0519. The van der Waals surface area contributed by atoms with E-state index in [0.717, 1.165) is 18.4 Å². The highest BCUT2D eigenvalue weighted by Crippen LogP contribution is 2.21. The van der Waals surface area contributed by atoms with Gasteiger partial charge in [0.05, 0.1) is 5.92 Å². The zero-order valence-corrected chi connectivity index (χ0v) is 9.43. The SMILES string of the molecule is C[C@H]1CC[C@H](/C=C/c2ccccc2)OC1=O. The van der Waals surface area contributed by atoms with Crippen LogP contribution in [0.4, 0.5) is 0 Å². The molecule has 0 spiro atoms. The molecule has 0 unspecified atom stereocenters. The average molecular weight is 216 g/mol. The molecule has 0 aliphatic carbocycles. The Labute approximate surface area is 95.9 Å². The third-order valence-corrected chi connectivity index (χ3v) is 2.86. The van der Waals surface area contributed by atoms with Crippen LogP contribution in [0, 0.1) is 5.92 Å². The maximum absolute atomic E-state index is 11.4. The van der Waals surface area contributed by atoms with Gasteiger partial charge in [-0.2, -0.15) is 0 Å². The van der Waals surface area contributed by atoms with Crippen molar-refractivity contribution >= 4 is 12.0 Å². The Kier molecular flexibility index (Phi) is 3.40. The van der Waals surface area contributed by atoms with Gasteiger partial charge in [0.15, 0.2) is 0 Å². The number of esters is 1. The fourth-order valence-electron chi connectivity index (χ4n) is 1.77. The number of ether oxygens (including phenoxy) is 1. The molecule has 0 radical (unpaired) electrons. The Balaban J connectivity index is 1.96. The number of rotatable bonds is 2. The van der Waals surface area contributed by atoms with E-state index in [4.69, 9.17) is 4.74 Å². The first-order valence-corrected chi connectivity index (χ1v) is 5.69. The van der Waals surface area contributed by atoms with Gasteiger partial charge >= 0.3 is 5.97 Å². The molecule has 0 saturated carbocycles. The molecule has 0 aromatic heterocycles. The molecule has 1 heterocycles. The van der Waals surface area contributed by atoms with Crippen molar-refractivity contribution in [3.05, 3.63) is 42.0 Å². The first kappa shape index (κ1) is 10.9. The second-order valence-corrected chi connectivity index (χ2v) is 4.22. The summed E-state index contributed by atoms with van der Waals surface area (Å²) in [6, 6.07) is 10.0. The Morgan fingerprint density at radius 2 is 2.00 bits per heavy atom. The molecular formula is C14H16O2. The van der Waals surface area contributed by atoms with E-state index < -0.39 is 0 Å². The molecule has 1 fully saturated rings. The molecule has 2 nitrogen and oxygen atoms in total. The Morgan fingerprint density at radius 1 is 1.25 bits per heavy atom. The molecule has 2 atom stereocenters. The molecule has 1 aromatic rings. The topological polar surface area (TPSA) is 26.3 Å². The van der Waals surface area contributed by atoms with Crippen LogP contribution in [0.5, 0.6) is 0 Å². The number of benzene rings is 1. The third kappa shape index (κ3) is 2.72. The van der Waals surface area contributed by atoms with E-state index in [1.807, 2.05) is 49.4 Å². The normalized spacial score (nSPS) is 25.7. The minimum atomic E-state index is -0.0750. The van der Waals surface area contributed by atoms with E-state index >= 15 is 0 Å². The van der Waals surface area contributed by atoms with Gasteiger partial charge in [-0.25, -0.2) is 0 Å². The van der Waals surface area contributed by atoms with Crippen molar-refractivity contribution in [2.75, 3.05) is 0 Å². The summed E-state index contributed by atoms with van der Waals surface area (Å²) in [6.45, 7) is 1.92. The summed E-state index contributed by atoms with van der Waals surface area (Å²) in [7, 11) is 0. The predicted molar refractivity (Wildman–Crippen MR) is 63.8 cm³/mol. The van der Waals surface area contributed by atoms with Crippen LogP contribution in [-0.2, 0) is 9.53 Å². The van der Waals surface area contributed by atoms with Gasteiger partial charge in [0.2, 0.25) is 0 Å². The largest absolute Gasteiger partial charge is 0.458 e. The summed E-state index contributed by atoms with van der Waals surface area (Å²) in [6.07, 6.45) is 5.77. The Hall–Kier alpha value is -1.57. The lowest BCUT2D eigenvalue weighted by atomic mass is 9.99. The van der Waals surface area contributed by atoms with Crippen LogP contribution >= 0.6 is 0 Å². The number of cyclic esters (lactones) is 1. The fourth-order valence-corrected chi connectivity index (χ4v) is 1.77. The maximum Gasteiger partial charge on any atom is 0.309 e. The van der Waals surface area contributed by atoms with Crippen LogP contribution < -0.4 is 0 Å². The van der Waals surface area contributed by atoms with E-state index in [-0.39, 0.29) is 18.0 Å². The van der Waals surface area contributed by atoms with E-state index in [1.54, 1.807) is 0 Å². The van der Waals surface area contributed by atoms with Crippen molar-refractivity contribution < 1.29 is 9.53 Å². The summed E-state index contributed by atoms with van der Waals surface area (Å²) < 4.78 is 5.29. The lowest BCUT2D eigenvalue weighted by Gasteiger charge is -2.23. The molecule has 84 valence electrons. The van der Waals surface area contributed by atoms with Crippen molar-refractivity contribution in [3.63, 3.8) is 0 Å². The van der Waals surface area contributed by atoms with E-state index in [9.17, 15) is 4.79 Å². The van der Waals surface area contributed by atoms with Gasteiger partial charge in [0.1, 0.15) is 6.10 Å². The minimum Gasteiger partial charge on any atom is -0.458 e. The maximum atomic E-state index is 11.4. The molecule has 1 saturated heterocycles. The van der Waals surface area contributed by atoms with Gasteiger partial charge in [-0.3, -0.25) is 4.79 Å². The summed E-state index contributed by atoms with van der Waals surface area (Å²) in [5, 5.41) is 0. The third-order valence-electron chi connectivity index (χ3n) is 2.86. The fraction of sp³-hybridized carbons (Fsp3) is 0.357. The molecule has 1 aliphatic rings. The molecule has 1 aliphatic heterocycles. The van der Waals surface area contributed by atoms with Crippen molar-refractivity contribution in [1.29, 1.82) is 0 Å². The standard InChI is InChI=1S/C14H16O2/c1-11-7-9-13(16-14(11)15)10-8-12-5-3-2-4-6-12/h2-6,8,10-11,13H,7,9H2,1H3/b10-8+/t11-,13+/m0/s1. The van der Waals surface area contributed by atoms with Gasteiger partial charge in [0, 0.05) is 0 Å². The van der Waals surface area contributed by atoms with E-state index in [2.05, 4.69) is 0 Å². The quantitative estimate of drug-likeness (QED) is 0.710. The first-order valence-electron chi connectivity index (χ1n) is 5.69. The van der Waals surface area contributed by atoms with Crippen LogP contribution in [0.25, 0.3) is 6.08 Å². The number of carbonyl (C=O) groups is 1. The first-order chi connectivity index (χ1) is 7.75. The average Bonchev–Trinajstić information content (AvgIpc) is 2.32. The van der Waals surface area contributed by atoms with Crippen molar-refractivity contribution in [2.24, 2.45) is 5.92 Å². The van der Waals surface area contributed by atoms with E-state index in [1.165, 1.54) is 0 Å². The Morgan fingerprint density at radius 3 is 2.69 bits per heavy atom. The molecule has 0 amide bonds. The zero-order chi connectivity index (χ0) is 11.4. The summed E-state index contributed by atoms with van der Waals surface area (Å²) in [5.41, 5.74) is 1.14. The smallest absolute Gasteiger partial charge is 0.309 e. The van der Waals surface area contributed by atoms with Gasteiger partial charge in [-0.1, -0.05) is 43.3 Å². The molecule has 1 aromatic carbocycles. The second-order valence-electron chi connectivity index (χ2n) is 4.22. The Bertz CT molecular complexity index is 381. The number of carbonyl (C=O) groups excluding carboxylic acids is 1. The van der Waals surface area contributed by atoms with Crippen LogP contribution in [0.15, 0.2) is 36.4 Å². The molecule has 16 heavy (non-hydrogen) atoms. The van der Waals surface area contributed by atoms with Gasteiger partial charge in [-0.05, 0) is 24.5 Å². The van der Waals surface area contributed by atoms with Crippen LogP contribution in [0.3, 0.4) is 0 Å². The van der Waals surface area contributed by atoms with Crippen LogP contribution in [0.1, 0.15) is 25.3 Å². The second kappa shape index (κ2) is 4.97. The number of hydrogen-bond acceptors (Lipinski definition) is 2. The molecule has 2 heteroatoms. The predicted octanol–water partition coefficient (Wildman–Crippen LogP) is 3.04. The number of hydrogen-bond donors (Lipinski definition) is 0. The highest BCUT2D eigenvalue weighted by Gasteiger charge is 2.24. The van der Waals surface area contributed by atoms with Crippen molar-refractivity contribution in [2.45, 2.75) is 25.9 Å². The molecular weight excluding hydrogens is 200 g/mol. The van der Waals surface area contributed by atoms with Gasteiger partial charge in [-0.15, -0.1) is 0 Å². The molecule has 0 bridgehead atoms. The summed E-state index contributed by atoms with van der Waals surface area (Å²) >= 11 is 0. The molecule has 0 N–H and O–H groups in total. The van der Waals surface area contributed by atoms with E-state index in [0.29, 0.717) is 0 Å². The van der Waals surface area contributed by atoms with Crippen molar-refractivity contribution in [1.82, 2.24) is 0 Å². The van der Waals surface area contributed by atoms with Crippen molar-refractivity contribution in [3.8, 4) is 0 Å². The van der Waals surface area contributed by atoms with Crippen LogP contribution in [-0.4, -0.2) is 12.1 Å².